The maximum atomic E-state index is 12.6. The highest BCUT2D eigenvalue weighted by Crippen LogP contribution is 2.34. The Kier molecular flexibility index (Phi) is 8.33. The molecule has 0 aromatic carbocycles. The van der Waals surface area contributed by atoms with Crippen molar-refractivity contribution in [2.24, 2.45) is 29.6 Å². The molecule has 1 fully saturated rings. The molecule has 0 bridgehead atoms. The molecule has 4 nitrogen and oxygen atoms in total. The summed E-state index contributed by atoms with van der Waals surface area (Å²) in [6.07, 6.45) is 3.90. The molecule has 1 saturated heterocycles. The first kappa shape index (κ1) is 21.9. The Labute approximate surface area is 153 Å². The number of esters is 1. The number of hydrogen-bond donors (Lipinski definition) is 1. The van der Waals surface area contributed by atoms with Gasteiger partial charge in [0.1, 0.15) is 11.9 Å². The molecular formula is C21H36O4. The molecular weight excluding hydrogens is 316 g/mol. The van der Waals surface area contributed by atoms with E-state index in [1.165, 1.54) is 0 Å². The van der Waals surface area contributed by atoms with Crippen LogP contribution >= 0.6 is 0 Å². The Hall–Kier alpha value is -1.16. The minimum atomic E-state index is -0.590. The van der Waals surface area contributed by atoms with Gasteiger partial charge in [0.05, 0.1) is 12.0 Å². The molecule has 1 heterocycles. The third kappa shape index (κ3) is 5.40. The lowest BCUT2D eigenvalue weighted by molar-refractivity contribution is -0.191. The number of allylic oxidation sites excluding steroid dienone is 2. The maximum absolute atomic E-state index is 12.6. The molecule has 0 saturated carbocycles. The van der Waals surface area contributed by atoms with Crippen LogP contribution in [0.1, 0.15) is 67.7 Å². The fraction of sp³-hybridized carbons (Fsp3) is 0.810. The lowest BCUT2D eigenvalue weighted by atomic mass is 9.81. The van der Waals surface area contributed by atoms with E-state index in [2.05, 4.69) is 6.92 Å². The van der Waals surface area contributed by atoms with Crippen molar-refractivity contribution in [1.82, 2.24) is 0 Å². The highest BCUT2D eigenvalue weighted by atomic mass is 16.6. The van der Waals surface area contributed by atoms with Gasteiger partial charge in [0, 0.05) is 11.8 Å². The number of ketones is 1. The van der Waals surface area contributed by atoms with E-state index in [4.69, 9.17) is 4.74 Å². The molecule has 0 aromatic rings. The summed E-state index contributed by atoms with van der Waals surface area (Å²) in [5.41, 5.74) is 1.14. The molecule has 7 atom stereocenters. The van der Waals surface area contributed by atoms with Gasteiger partial charge in [0.25, 0.3) is 0 Å². The Morgan fingerprint density at radius 1 is 1.24 bits per heavy atom. The maximum Gasteiger partial charge on any atom is 0.313 e. The SMILES string of the molecule is CC[C@@H](C)[C@@H](O)[C@H](C)C(=O)C(C)C=C(C)C[C@H](C)[C@@H]1OC(=O)[C@H]1CC. The van der Waals surface area contributed by atoms with Gasteiger partial charge in [0.15, 0.2) is 0 Å². The van der Waals surface area contributed by atoms with E-state index in [0.29, 0.717) is 0 Å². The van der Waals surface area contributed by atoms with E-state index in [1.807, 2.05) is 47.6 Å². The summed E-state index contributed by atoms with van der Waals surface area (Å²) < 4.78 is 5.30. The molecule has 0 aliphatic carbocycles. The summed E-state index contributed by atoms with van der Waals surface area (Å²) >= 11 is 0. The first-order chi connectivity index (χ1) is 11.6. The van der Waals surface area contributed by atoms with Crippen LogP contribution in [-0.2, 0) is 14.3 Å². The Balaban J connectivity index is 2.62. The number of rotatable bonds is 10. The van der Waals surface area contributed by atoms with E-state index < -0.39 is 6.10 Å². The molecule has 0 aromatic heterocycles. The summed E-state index contributed by atoms with van der Waals surface area (Å²) in [5, 5.41) is 10.3. The fourth-order valence-electron chi connectivity index (χ4n) is 3.80. The number of aliphatic hydroxyl groups is 1. The van der Waals surface area contributed by atoms with Gasteiger partial charge in [-0.1, -0.05) is 59.6 Å². The number of aliphatic hydroxyl groups excluding tert-OH is 1. The van der Waals surface area contributed by atoms with Crippen molar-refractivity contribution in [3.05, 3.63) is 11.6 Å². The largest absolute Gasteiger partial charge is 0.461 e. The number of carbonyl (C=O) groups is 2. The van der Waals surface area contributed by atoms with E-state index >= 15 is 0 Å². The van der Waals surface area contributed by atoms with Crippen molar-refractivity contribution in [2.75, 3.05) is 0 Å². The van der Waals surface area contributed by atoms with Crippen LogP contribution in [-0.4, -0.2) is 29.1 Å². The summed E-state index contributed by atoms with van der Waals surface area (Å²) in [6, 6.07) is 0. The molecule has 25 heavy (non-hydrogen) atoms. The normalized spacial score (nSPS) is 26.9. The van der Waals surface area contributed by atoms with Crippen molar-refractivity contribution < 1.29 is 19.4 Å². The Morgan fingerprint density at radius 3 is 2.32 bits per heavy atom. The van der Waals surface area contributed by atoms with E-state index in [1.54, 1.807) is 0 Å². The van der Waals surface area contributed by atoms with Gasteiger partial charge in [-0.3, -0.25) is 9.59 Å². The smallest absolute Gasteiger partial charge is 0.313 e. The molecule has 1 N–H and O–H groups in total. The van der Waals surface area contributed by atoms with Gasteiger partial charge in [-0.25, -0.2) is 0 Å². The number of hydrogen-bond acceptors (Lipinski definition) is 4. The lowest BCUT2D eigenvalue weighted by Crippen LogP contribution is -2.48. The molecule has 0 spiro atoms. The van der Waals surface area contributed by atoms with Crippen molar-refractivity contribution >= 4 is 11.8 Å². The molecule has 1 unspecified atom stereocenters. The first-order valence-electron chi connectivity index (χ1n) is 9.73. The van der Waals surface area contributed by atoms with Crippen LogP contribution < -0.4 is 0 Å². The van der Waals surface area contributed by atoms with Crippen molar-refractivity contribution in [1.29, 1.82) is 0 Å². The summed E-state index contributed by atoms with van der Waals surface area (Å²) in [5.74, 6) is -0.179. The van der Waals surface area contributed by atoms with Gasteiger partial charge in [-0.05, 0) is 31.6 Å². The summed E-state index contributed by atoms with van der Waals surface area (Å²) in [6.45, 7) is 13.9. The second kappa shape index (κ2) is 9.51. The van der Waals surface area contributed by atoms with Crippen molar-refractivity contribution in [2.45, 2.75) is 79.9 Å². The quantitative estimate of drug-likeness (QED) is 0.474. The van der Waals surface area contributed by atoms with Gasteiger partial charge >= 0.3 is 5.97 Å². The molecule has 1 rings (SSSR count). The summed E-state index contributed by atoms with van der Waals surface area (Å²) in [7, 11) is 0. The van der Waals surface area contributed by atoms with Crippen LogP contribution in [0, 0.1) is 29.6 Å². The topological polar surface area (TPSA) is 63.6 Å². The zero-order valence-corrected chi connectivity index (χ0v) is 16.9. The van der Waals surface area contributed by atoms with E-state index in [0.717, 1.165) is 24.8 Å². The van der Waals surface area contributed by atoms with Crippen molar-refractivity contribution in [3.63, 3.8) is 0 Å². The average Bonchev–Trinajstić information content (AvgIpc) is 2.56. The van der Waals surface area contributed by atoms with Crippen LogP contribution in [0.25, 0.3) is 0 Å². The minimum absolute atomic E-state index is 0.00185. The third-order valence-electron chi connectivity index (χ3n) is 5.77. The lowest BCUT2D eigenvalue weighted by Gasteiger charge is -2.38. The molecule has 4 heteroatoms. The minimum Gasteiger partial charge on any atom is -0.461 e. The number of Topliss-reactive ketones (excluding diaryl/α,β-unsaturated/α-hetero) is 1. The number of ether oxygens (including phenoxy) is 1. The predicted octanol–water partition coefficient (Wildman–Crippen LogP) is 4.16. The first-order valence-corrected chi connectivity index (χ1v) is 9.73. The Bertz CT molecular complexity index is 496. The molecule has 0 amide bonds. The highest BCUT2D eigenvalue weighted by molar-refractivity contribution is 5.85. The standard InChI is InChI=1S/C21H36O4/c1-8-13(4)18(22)16(7)19(23)14(5)10-12(3)11-15(6)20-17(9-2)21(24)25-20/h10,13-18,20,22H,8-9,11H2,1-7H3/t13-,14?,15+,16+,17+,18-,20+/m1/s1. The molecule has 1 aliphatic heterocycles. The summed E-state index contributed by atoms with van der Waals surface area (Å²) in [4.78, 5) is 24.0. The monoisotopic (exact) mass is 352 g/mol. The van der Waals surface area contributed by atoms with Gasteiger partial charge in [-0.2, -0.15) is 0 Å². The zero-order valence-electron chi connectivity index (χ0n) is 16.9. The third-order valence-corrected chi connectivity index (χ3v) is 5.77. The van der Waals surface area contributed by atoms with E-state index in [-0.39, 0.29) is 47.4 Å². The molecule has 144 valence electrons. The van der Waals surface area contributed by atoms with Crippen molar-refractivity contribution in [3.8, 4) is 0 Å². The average molecular weight is 353 g/mol. The molecule has 1 aliphatic rings. The van der Waals surface area contributed by atoms with Crippen LogP contribution in [0.5, 0.6) is 0 Å². The second-order valence-corrected chi connectivity index (χ2v) is 7.97. The zero-order chi connectivity index (χ0) is 19.3. The van der Waals surface area contributed by atoms with Crippen LogP contribution in [0.2, 0.25) is 0 Å². The Morgan fingerprint density at radius 2 is 1.84 bits per heavy atom. The predicted molar refractivity (Wildman–Crippen MR) is 100.0 cm³/mol. The fourth-order valence-corrected chi connectivity index (χ4v) is 3.80. The number of cyclic esters (lactones) is 1. The van der Waals surface area contributed by atoms with Gasteiger partial charge < -0.3 is 9.84 Å². The molecule has 0 radical (unpaired) electrons. The van der Waals surface area contributed by atoms with E-state index in [9.17, 15) is 14.7 Å². The highest BCUT2D eigenvalue weighted by Gasteiger charge is 2.43. The van der Waals surface area contributed by atoms with Crippen LogP contribution in [0.3, 0.4) is 0 Å². The van der Waals surface area contributed by atoms with Gasteiger partial charge in [0.2, 0.25) is 0 Å². The van der Waals surface area contributed by atoms with Crippen LogP contribution in [0.4, 0.5) is 0 Å². The van der Waals surface area contributed by atoms with Crippen LogP contribution in [0.15, 0.2) is 11.6 Å². The number of carbonyl (C=O) groups excluding carboxylic acids is 2. The van der Waals surface area contributed by atoms with Gasteiger partial charge in [-0.15, -0.1) is 0 Å². The second-order valence-electron chi connectivity index (χ2n) is 7.97.